The number of ether oxygens (including phenoxy) is 1. The van der Waals surface area contributed by atoms with E-state index in [2.05, 4.69) is 103 Å². The first-order valence-corrected chi connectivity index (χ1v) is 12.9. The highest BCUT2D eigenvalue weighted by molar-refractivity contribution is 7.14. The molecule has 0 heterocycles. The molecule has 0 spiro atoms. The molecule has 0 saturated heterocycles. The molecule has 4 aromatic rings. The summed E-state index contributed by atoms with van der Waals surface area (Å²) in [6.07, 6.45) is 2.84. The lowest BCUT2D eigenvalue weighted by molar-refractivity contribution is 0.0511. The fourth-order valence-corrected chi connectivity index (χ4v) is 8.28. The van der Waals surface area contributed by atoms with Crippen molar-refractivity contribution >= 4 is 29.6 Å². The molecule has 0 atom stereocenters. The molecule has 0 aliphatic carbocycles. The fraction of sp³-hybridized carbons (Fsp3) is 0.0690. The van der Waals surface area contributed by atoms with Crippen LogP contribution in [-0.2, 0) is 4.74 Å². The minimum atomic E-state index is -2.39. The standard InChI is InChI=1S/C29H26O2Si/c30-29(25-15-5-1-6-16-25)31-23-13-14-24-32(26-17-7-2-8-18-26,27-19-9-3-10-20-27)28-21-11-4-12-22-28/h1-12,14-22,24H,13,23H2/b24-14+. The molecule has 158 valence electrons. The zero-order valence-corrected chi connectivity index (χ0v) is 18.9. The number of rotatable bonds is 8. The Labute approximate surface area is 190 Å². The molecule has 0 aromatic heterocycles. The fourth-order valence-electron chi connectivity index (χ4n) is 4.03. The van der Waals surface area contributed by atoms with Crippen molar-refractivity contribution in [3.63, 3.8) is 0 Å². The van der Waals surface area contributed by atoms with E-state index in [0.717, 1.165) is 0 Å². The normalized spacial score (nSPS) is 11.4. The number of hydrogen-bond acceptors (Lipinski definition) is 2. The second kappa shape index (κ2) is 10.6. The van der Waals surface area contributed by atoms with Gasteiger partial charge in [0.05, 0.1) is 12.2 Å². The van der Waals surface area contributed by atoms with Crippen molar-refractivity contribution in [2.45, 2.75) is 6.42 Å². The highest BCUT2D eigenvalue weighted by Gasteiger charge is 2.36. The van der Waals surface area contributed by atoms with E-state index in [9.17, 15) is 4.79 Å². The molecule has 32 heavy (non-hydrogen) atoms. The van der Waals surface area contributed by atoms with Gasteiger partial charge in [-0.2, -0.15) is 0 Å². The Morgan fingerprint density at radius 3 is 1.47 bits per heavy atom. The molecule has 3 heteroatoms. The summed E-state index contributed by atoms with van der Waals surface area (Å²) in [6.45, 7) is 0.354. The van der Waals surface area contributed by atoms with Gasteiger partial charge in [-0.15, -0.1) is 0 Å². The first kappa shape index (κ1) is 21.5. The van der Waals surface area contributed by atoms with Gasteiger partial charge in [-0.3, -0.25) is 0 Å². The number of hydrogen-bond donors (Lipinski definition) is 0. The lowest BCUT2D eigenvalue weighted by atomic mass is 10.2. The average Bonchev–Trinajstić information content (AvgIpc) is 2.88. The van der Waals surface area contributed by atoms with E-state index in [-0.39, 0.29) is 5.97 Å². The summed E-state index contributed by atoms with van der Waals surface area (Å²) in [7, 11) is -2.39. The van der Waals surface area contributed by atoms with Crippen LogP contribution in [0, 0.1) is 0 Å². The van der Waals surface area contributed by atoms with Crippen molar-refractivity contribution in [1.82, 2.24) is 0 Å². The first-order chi connectivity index (χ1) is 15.8. The van der Waals surface area contributed by atoms with Crippen molar-refractivity contribution in [3.05, 3.63) is 139 Å². The van der Waals surface area contributed by atoms with Crippen LogP contribution in [-0.4, -0.2) is 20.7 Å². The summed E-state index contributed by atoms with van der Waals surface area (Å²) in [5.74, 6) is -0.281. The Morgan fingerprint density at radius 2 is 1.03 bits per heavy atom. The highest BCUT2D eigenvalue weighted by atomic mass is 28.3. The van der Waals surface area contributed by atoms with Crippen molar-refractivity contribution in [1.29, 1.82) is 0 Å². The van der Waals surface area contributed by atoms with E-state index in [1.807, 2.05) is 18.2 Å². The van der Waals surface area contributed by atoms with E-state index in [4.69, 9.17) is 4.74 Å². The van der Waals surface area contributed by atoms with Crippen LogP contribution in [0.3, 0.4) is 0 Å². The second-order valence-corrected chi connectivity index (χ2v) is 11.3. The van der Waals surface area contributed by atoms with E-state index in [1.165, 1.54) is 15.6 Å². The van der Waals surface area contributed by atoms with Crippen LogP contribution in [0.1, 0.15) is 16.8 Å². The van der Waals surface area contributed by atoms with Gasteiger partial charge in [0.25, 0.3) is 0 Å². The van der Waals surface area contributed by atoms with Crippen LogP contribution >= 0.6 is 0 Å². The maximum atomic E-state index is 12.2. The topological polar surface area (TPSA) is 26.3 Å². The number of carbonyl (C=O) groups excluding carboxylic acids is 1. The Balaban J connectivity index is 1.63. The number of esters is 1. The van der Waals surface area contributed by atoms with Crippen molar-refractivity contribution in [2.75, 3.05) is 6.61 Å². The van der Waals surface area contributed by atoms with Gasteiger partial charge in [0.15, 0.2) is 8.07 Å². The second-order valence-electron chi connectivity index (χ2n) is 7.60. The van der Waals surface area contributed by atoms with Crippen molar-refractivity contribution in [2.24, 2.45) is 0 Å². The molecule has 0 aliphatic rings. The van der Waals surface area contributed by atoms with Crippen molar-refractivity contribution in [3.8, 4) is 0 Å². The SMILES string of the molecule is O=C(OCC/C=C/[Si](c1ccccc1)(c1ccccc1)c1ccccc1)c1ccccc1. The van der Waals surface area contributed by atoms with E-state index < -0.39 is 8.07 Å². The molecule has 0 saturated carbocycles. The number of carbonyl (C=O) groups is 1. The molecule has 0 fully saturated rings. The van der Waals surface area contributed by atoms with Gasteiger partial charge in [0.1, 0.15) is 0 Å². The van der Waals surface area contributed by atoms with E-state index >= 15 is 0 Å². The monoisotopic (exact) mass is 434 g/mol. The highest BCUT2D eigenvalue weighted by Crippen LogP contribution is 2.10. The Kier molecular flexibility index (Phi) is 7.11. The predicted molar refractivity (Wildman–Crippen MR) is 134 cm³/mol. The Bertz CT molecular complexity index is 1040. The molecular formula is C29H26O2Si. The lowest BCUT2D eigenvalue weighted by Gasteiger charge is -2.30. The third-order valence-electron chi connectivity index (χ3n) is 5.58. The zero-order valence-electron chi connectivity index (χ0n) is 17.9. The van der Waals surface area contributed by atoms with E-state index in [1.54, 1.807) is 12.1 Å². The molecule has 0 unspecified atom stereocenters. The van der Waals surface area contributed by atoms with Gasteiger partial charge in [0.2, 0.25) is 0 Å². The van der Waals surface area contributed by atoms with Gasteiger partial charge < -0.3 is 4.74 Å². The minimum Gasteiger partial charge on any atom is -0.462 e. The molecular weight excluding hydrogens is 408 g/mol. The largest absolute Gasteiger partial charge is 0.462 e. The zero-order chi connectivity index (χ0) is 22.1. The molecule has 0 amide bonds. The van der Waals surface area contributed by atoms with Gasteiger partial charge in [0, 0.05) is 0 Å². The summed E-state index contributed by atoms with van der Waals surface area (Å²) in [5, 5.41) is 3.99. The average molecular weight is 435 g/mol. The summed E-state index contributed by atoms with van der Waals surface area (Å²) < 4.78 is 5.49. The van der Waals surface area contributed by atoms with Crippen LogP contribution in [0.5, 0.6) is 0 Å². The van der Waals surface area contributed by atoms with Gasteiger partial charge >= 0.3 is 5.97 Å². The van der Waals surface area contributed by atoms with Gasteiger partial charge in [-0.1, -0.05) is 121 Å². The molecule has 0 N–H and O–H groups in total. The minimum absolute atomic E-state index is 0.281. The van der Waals surface area contributed by atoms with E-state index in [0.29, 0.717) is 18.6 Å². The van der Waals surface area contributed by atoms with Crippen LogP contribution in [0.15, 0.2) is 133 Å². The Morgan fingerprint density at radius 1 is 0.625 bits per heavy atom. The molecule has 4 rings (SSSR count). The summed E-state index contributed by atoms with van der Waals surface area (Å²) in [4.78, 5) is 12.2. The predicted octanol–water partition coefficient (Wildman–Crippen LogP) is 4.50. The molecule has 4 aromatic carbocycles. The third-order valence-corrected chi connectivity index (χ3v) is 10.1. The maximum absolute atomic E-state index is 12.2. The summed E-state index contributed by atoms with van der Waals surface area (Å²) in [5.41, 5.74) is 2.96. The van der Waals surface area contributed by atoms with Gasteiger partial charge in [-0.05, 0) is 34.1 Å². The molecule has 0 radical (unpaired) electrons. The van der Waals surface area contributed by atoms with Crippen LogP contribution in [0.2, 0.25) is 0 Å². The summed E-state index contributed by atoms with van der Waals surface area (Å²) >= 11 is 0. The van der Waals surface area contributed by atoms with Crippen molar-refractivity contribution < 1.29 is 9.53 Å². The number of benzene rings is 4. The van der Waals surface area contributed by atoms with Crippen LogP contribution in [0.25, 0.3) is 0 Å². The quantitative estimate of drug-likeness (QED) is 0.177. The maximum Gasteiger partial charge on any atom is 0.338 e. The lowest BCUT2D eigenvalue weighted by Crippen LogP contribution is -2.66. The molecule has 2 nitrogen and oxygen atoms in total. The van der Waals surface area contributed by atoms with Gasteiger partial charge in [-0.25, -0.2) is 4.79 Å². The molecule has 0 aliphatic heterocycles. The summed E-state index contributed by atoms with van der Waals surface area (Å²) in [6, 6.07) is 41.3. The van der Waals surface area contributed by atoms with Crippen LogP contribution < -0.4 is 15.6 Å². The Hall–Kier alpha value is -3.69. The third kappa shape index (κ3) is 4.79. The first-order valence-electron chi connectivity index (χ1n) is 10.9. The van der Waals surface area contributed by atoms with Crippen LogP contribution in [0.4, 0.5) is 0 Å². The smallest absolute Gasteiger partial charge is 0.338 e. The molecule has 0 bridgehead atoms.